The summed E-state index contributed by atoms with van der Waals surface area (Å²) in [6, 6.07) is 7.09. The molecule has 3 aromatic rings. The molecule has 3 heterocycles. The van der Waals surface area contributed by atoms with E-state index in [9.17, 15) is 14.9 Å². The Morgan fingerprint density at radius 1 is 1.29 bits per heavy atom. The number of anilines is 1. The van der Waals surface area contributed by atoms with E-state index in [1.807, 2.05) is 13.0 Å². The second kappa shape index (κ2) is 9.21. The van der Waals surface area contributed by atoms with Gasteiger partial charge in [0.15, 0.2) is 11.6 Å². The zero-order valence-electron chi connectivity index (χ0n) is 21.0. The second-order valence-electron chi connectivity index (χ2n) is 10.6. The fourth-order valence-electron chi connectivity index (χ4n) is 5.70. The van der Waals surface area contributed by atoms with Crippen molar-refractivity contribution in [2.45, 2.75) is 51.1 Å². The molecular weight excluding hydrogens is 507 g/mol. The highest BCUT2D eigenvalue weighted by Crippen LogP contribution is 2.47. The molecule has 1 aliphatic heterocycles. The van der Waals surface area contributed by atoms with Crippen molar-refractivity contribution < 1.29 is 14.0 Å². The van der Waals surface area contributed by atoms with Gasteiger partial charge in [0.25, 0.3) is 5.91 Å². The molecule has 0 spiro atoms. The summed E-state index contributed by atoms with van der Waals surface area (Å²) in [6.07, 6.45) is 7.08. The first kappa shape index (κ1) is 24.6. The summed E-state index contributed by atoms with van der Waals surface area (Å²) < 4.78 is 16.9. The Kier molecular flexibility index (Phi) is 5.95. The van der Waals surface area contributed by atoms with Gasteiger partial charge in [-0.2, -0.15) is 10.4 Å². The van der Waals surface area contributed by atoms with Crippen LogP contribution in [-0.4, -0.2) is 39.2 Å². The molecule has 1 N–H and O–H groups in total. The Balaban J connectivity index is 1.11. The number of nitrogens with zero attached hydrogens (tertiary/aromatic N) is 5. The summed E-state index contributed by atoms with van der Waals surface area (Å²) in [5, 5.41) is 17.3. The number of halogens is 2. The summed E-state index contributed by atoms with van der Waals surface area (Å²) in [4.78, 5) is 31.0. The van der Waals surface area contributed by atoms with Gasteiger partial charge in [-0.15, -0.1) is 0 Å². The Labute approximate surface area is 224 Å². The third-order valence-electron chi connectivity index (χ3n) is 8.22. The number of rotatable bonds is 6. The quantitative estimate of drug-likeness (QED) is 0.502. The van der Waals surface area contributed by atoms with Crippen LogP contribution in [0.4, 0.5) is 10.2 Å². The molecule has 38 heavy (non-hydrogen) atoms. The van der Waals surface area contributed by atoms with Gasteiger partial charge in [-0.1, -0.05) is 11.6 Å². The minimum atomic E-state index is -0.493. The summed E-state index contributed by atoms with van der Waals surface area (Å²) in [7, 11) is 0. The van der Waals surface area contributed by atoms with Crippen LogP contribution in [0.1, 0.15) is 70.8 Å². The van der Waals surface area contributed by atoms with Crippen molar-refractivity contribution in [3.63, 3.8) is 0 Å². The Morgan fingerprint density at radius 2 is 2.08 bits per heavy atom. The van der Waals surface area contributed by atoms with Crippen LogP contribution in [0.25, 0.3) is 0 Å². The standard InChI is InChI=1S/C28H26ClFN6O2/c1-14-24(11-32-26(25(14)30)35-12-18-7-23(18)28(35)38)15(2)36-13-19(10-33-36)27(37)34-21-5-17(6-21)22-8-20(29)4-3-16(22)9-31/h3-4,8,10-11,13,15,17-18,21,23H,5-7,12H2,1-2H3,(H,34,37)/t15-,17?,18-,21?,23-/m1/s1. The second-order valence-corrected chi connectivity index (χ2v) is 11.0. The van der Waals surface area contributed by atoms with Crippen molar-refractivity contribution >= 4 is 29.2 Å². The molecular formula is C28H26ClFN6O2. The van der Waals surface area contributed by atoms with Gasteiger partial charge in [0.05, 0.1) is 29.4 Å². The first-order valence-electron chi connectivity index (χ1n) is 12.8. The van der Waals surface area contributed by atoms with Crippen molar-refractivity contribution in [2.24, 2.45) is 11.8 Å². The van der Waals surface area contributed by atoms with Crippen LogP contribution in [0.2, 0.25) is 5.02 Å². The molecule has 3 fully saturated rings. The minimum Gasteiger partial charge on any atom is -0.349 e. The first-order valence-corrected chi connectivity index (χ1v) is 13.1. The van der Waals surface area contributed by atoms with Crippen LogP contribution in [0, 0.1) is 35.9 Å². The van der Waals surface area contributed by atoms with E-state index in [0.29, 0.717) is 39.7 Å². The molecule has 0 radical (unpaired) electrons. The molecule has 10 heteroatoms. The van der Waals surface area contributed by atoms with Gasteiger partial charge in [0.1, 0.15) is 0 Å². The van der Waals surface area contributed by atoms with E-state index < -0.39 is 5.82 Å². The van der Waals surface area contributed by atoms with E-state index in [2.05, 4.69) is 21.5 Å². The number of nitrogens with one attached hydrogen (secondary N) is 1. The normalized spacial score (nSPS) is 24.4. The third-order valence-corrected chi connectivity index (χ3v) is 8.46. The number of carbonyl (C=O) groups excluding carboxylic acids is 2. The SMILES string of the molecule is Cc1c([C@@H](C)n2cc(C(=O)NC3CC(c4cc(Cl)ccc4C#N)C3)cn2)cnc(N2C[C@H]3C[C@H]3C2=O)c1F. The van der Waals surface area contributed by atoms with Gasteiger partial charge in [0, 0.05) is 41.5 Å². The molecule has 1 aromatic carbocycles. The van der Waals surface area contributed by atoms with E-state index in [0.717, 1.165) is 24.8 Å². The summed E-state index contributed by atoms with van der Waals surface area (Å²) in [5.74, 6) is -0.148. The number of benzene rings is 1. The van der Waals surface area contributed by atoms with Gasteiger partial charge in [-0.3, -0.25) is 19.2 Å². The molecule has 2 saturated carbocycles. The van der Waals surface area contributed by atoms with Crippen LogP contribution < -0.4 is 10.2 Å². The lowest BCUT2D eigenvalue weighted by Gasteiger charge is -2.36. The number of hydrogen-bond acceptors (Lipinski definition) is 5. The highest BCUT2D eigenvalue weighted by Gasteiger charge is 2.53. The summed E-state index contributed by atoms with van der Waals surface area (Å²) >= 11 is 6.11. The number of hydrogen-bond donors (Lipinski definition) is 1. The highest BCUT2D eigenvalue weighted by atomic mass is 35.5. The average Bonchev–Trinajstić information content (AvgIpc) is 3.33. The van der Waals surface area contributed by atoms with E-state index in [1.165, 1.54) is 11.1 Å². The van der Waals surface area contributed by atoms with Gasteiger partial charge >= 0.3 is 0 Å². The number of pyridine rings is 1. The number of amides is 2. The molecule has 2 amide bonds. The van der Waals surface area contributed by atoms with E-state index in [4.69, 9.17) is 11.6 Å². The van der Waals surface area contributed by atoms with Crippen LogP contribution in [0.3, 0.4) is 0 Å². The molecule has 2 aliphatic carbocycles. The number of carbonyl (C=O) groups is 2. The Hall–Kier alpha value is -3.77. The van der Waals surface area contributed by atoms with E-state index in [1.54, 1.807) is 36.1 Å². The van der Waals surface area contributed by atoms with E-state index >= 15 is 4.39 Å². The molecule has 2 aromatic heterocycles. The molecule has 0 bridgehead atoms. The lowest BCUT2D eigenvalue weighted by Crippen LogP contribution is -2.43. The molecule has 0 unspecified atom stereocenters. The maximum Gasteiger partial charge on any atom is 0.254 e. The zero-order chi connectivity index (χ0) is 26.7. The van der Waals surface area contributed by atoms with Gasteiger partial charge in [0.2, 0.25) is 5.91 Å². The highest BCUT2D eigenvalue weighted by molar-refractivity contribution is 6.30. The maximum atomic E-state index is 15.3. The fourth-order valence-corrected chi connectivity index (χ4v) is 5.88. The van der Waals surface area contributed by atoms with Gasteiger partial charge in [-0.05, 0) is 74.3 Å². The maximum absolute atomic E-state index is 15.3. The lowest BCUT2D eigenvalue weighted by molar-refractivity contribution is -0.118. The largest absolute Gasteiger partial charge is 0.349 e. The van der Waals surface area contributed by atoms with Crippen molar-refractivity contribution in [1.82, 2.24) is 20.1 Å². The lowest BCUT2D eigenvalue weighted by atomic mass is 9.74. The van der Waals surface area contributed by atoms with E-state index in [-0.39, 0.29) is 41.6 Å². The molecule has 194 valence electrons. The minimum absolute atomic E-state index is 0.00813. The van der Waals surface area contributed by atoms with Crippen LogP contribution in [0.15, 0.2) is 36.8 Å². The summed E-state index contributed by atoms with van der Waals surface area (Å²) in [6.45, 7) is 4.07. The van der Waals surface area contributed by atoms with Gasteiger partial charge in [-0.25, -0.2) is 9.37 Å². The average molecular weight is 533 g/mol. The molecule has 6 rings (SSSR count). The molecule has 1 saturated heterocycles. The van der Waals surface area contributed by atoms with Crippen molar-refractivity contribution in [3.8, 4) is 6.07 Å². The predicted octanol–water partition coefficient (Wildman–Crippen LogP) is 4.52. The Morgan fingerprint density at radius 3 is 2.79 bits per heavy atom. The third kappa shape index (κ3) is 4.13. The van der Waals surface area contributed by atoms with Crippen LogP contribution in [-0.2, 0) is 4.79 Å². The summed E-state index contributed by atoms with van der Waals surface area (Å²) in [5.41, 5.74) is 2.98. The number of piperidine rings is 1. The van der Waals surface area contributed by atoms with Crippen molar-refractivity contribution in [2.75, 3.05) is 11.4 Å². The number of nitriles is 1. The predicted molar refractivity (Wildman–Crippen MR) is 138 cm³/mol. The smallest absolute Gasteiger partial charge is 0.254 e. The fraction of sp³-hybridized carbons (Fsp3) is 0.393. The van der Waals surface area contributed by atoms with Crippen molar-refractivity contribution in [1.29, 1.82) is 5.26 Å². The first-order chi connectivity index (χ1) is 18.2. The van der Waals surface area contributed by atoms with Crippen LogP contribution >= 0.6 is 11.6 Å². The molecule has 8 nitrogen and oxygen atoms in total. The van der Waals surface area contributed by atoms with Crippen molar-refractivity contribution in [3.05, 3.63) is 75.4 Å². The Bertz CT molecular complexity index is 1510. The molecule has 3 atom stereocenters. The topological polar surface area (TPSA) is 104 Å². The zero-order valence-corrected chi connectivity index (χ0v) is 21.7. The number of fused-ring (bicyclic) bond motifs is 1. The molecule has 3 aliphatic rings. The monoisotopic (exact) mass is 532 g/mol. The van der Waals surface area contributed by atoms with Crippen LogP contribution in [0.5, 0.6) is 0 Å². The number of aromatic nitrogens is 3. The van der Waals surface area contributed by atoms with Gasteiger partial charge < -0.3 is 5.32 Å².